The van der Waals surface area contributed by atoms with Gasteiger partial charge >= 0.3 is 0 Å². The Morgan fingerprint density at radius 1 is 1.03 bits per heavy atom. The van der Waals surface area contributed by atoms with Gasteiger partial charge in [0.15, 0.2) is 0 Å². The molecule has 1 saturated heterocycles. The van der Waals surface area contributed by atoms with Crippen LogP contribution in [0.1, 0.15) is 12.8 Å². The standard InChI is InChI=1S/C26H29FN6O3S/c1-36-18-24-16-30(10-11-32(24)37(34,35)25-14-28-31(17-25)15-19-2-3-19)23-8-9-26-20(12-23)13-29-33(26)22-6-4-21(27)5-7-22/h4-9,12-14,17,19,24H,2-3,10-11,15-16,18H2,1H3/t24-/m0/s1. The minimum Gasteiger partial charge on any atom is -0.383 e. The van der Waals surface area contributed by atoms with E-state index in [1.807, 2.05) is 12.1 Å². The van der Waals surface area contributed by atoms with Crippen LogP contribution in [0.3, 0.4) is 0 Å². The summed E-state index contributed by atoms with van der Waals surface area (Å²) in [4.78, 5) is 2.42. The smallest absolute Gasteiger partial charge is 0.246 e. The SMILES string of the molecule is COC[C@@H]1CN(c2ccc3c(cnn3-c3ccc(F)cc3)c2)CCN1S(=O)(=O)c1cnn(CC2CC2)c1. The Morgan fingerprint density at radius 3 is 2.57 bits per heavy atom. The number of aromatic nitrogens is 4. The van der Waals surface area contributed by atoms with Crippen molar-refractivity contribution in [3.05, 3.63) is 66.9 Å². The molecule has 0 unspecified atom stereocenters. The van der Waals surface area contributed by atoms with Gasteiger partial charge in [0.1, 0.15) is 10.7 Å². The molecule has 0 bridgehead atoms. The number of benzene rings is 2. The van der Waals surface area contributed by atoms with E-state index in [0.29, 0.717) is 25.6 Å². The van der Waals surface area contributed by atoms with Gasteiger partial charge < -0.3 is 9.64 Å². The summed E-state index contributed by atoms with van der Waals surface area (Å²) in [5, 5.41) is 9.73. The summed E-state index contributed by atoms with van der Waals surface area (Å²) in [6, 6.07) is 11.9. The van der Waals surface area contributed by atoms with Crippen molar-refractivity contribution in [2.24, 2.45) is 5.92 Å². The Hall–Kier alpha value is -3.28. The van der Waals surface area contributed by atoms with Crippen LogP contribution in [0, 0.1) is 11.7 Å². The first-order chi connectivity index (χ1) is 17.9. The number of anilines is 1. The lowest BCUT2D eigenvalue weighted by Crippen LogP contribution is -2.56. The Kier molecular flexibility index (Phi) is 6.21. The molecule has 11 heteroatoms. The van der Waals surface area contributed by atoms with Crippen molar-refractivity contribution in [3.63, 3.8) is 0 Å². The summed E-state index contributed by atoms with van der Waals surface area (Å²) in [5.41, 5.74) is 2.68. The maximum Gasteiger partial charge on any atom is 0.246 e. The number of piperazine rings is 1. The predicted molar refractivity (Wildman–Crippen MR) is 138 cm³/mol. The number of hydrogen-bond donors (Lipinski definition) is 0. The second kappa shape index (κ2) is 9.55. The molecule has 1 aliphatic carbocycles. The quantitative estimate of drug-likeness (QED) is 0.352. The Labute approximate surface area is 215 Å². The van der Waals surface area contributed by atoms with Crippen LogP contribution in [0.15, 0.2) is 66.0 Å². The van der Waals surface area contributed by atoms with Crippen molar-refractivity contribution in [2.75, 3.05) is 38.3 Å². The average molecular weight is 525 g/mol. The third-order valence-corrected chi connectivity index (χ3v) is 9.04. The lowest BCUT2D eigenvalue weighted by molar-refractivity contribution is 0.126. The Morgan fingerprint density at radius 2 is 1.81 bits per heavy atom. The van der Waals surface area contributed by atoms with E-state index in [1.165, 1.54) is 31.2 Å². The molecule has 1 saturated carbocycles. The van der Waals surface area contributed by atoms with Gasteiger partial charge in [0.05, 0.1) is 36.2 Å². The number of halogens is 1. The fourth-order valence-corrected chi connectivity index (χ4v) is 6.55. The monoisotopic (exact) mass is 524 g/mol. The first-order valence-corrected chi connectivity index (χ1v) is 13.9. The number of hydrogen-bond acceptors (Lipinski definition) is 6. The van der Waals surface area contributed by atoms with Crippen molar-refractivity contribution < 1.29 is 17.5 Å². The maximum absolute atomic E-state index is 13.5. The number of nitrogens with zero attached hydrogens (tertiary/aromatic N) is 6. The van der Waals surface area contributed by atoms with Gasteiger partial charge in [-0.2, -0.15) is 14.5 Å². The molecule has 9 nitrogen and oxygen atoms in total. The Balaban J connectivity index is 1.22. The van der Waals surface area contributed by atoms with Crippen LogP contribution in [-0.2, 0) is 21.3 Å². The molecule has 4 aromatic rings. The zero-order valence-corrected chi connectivity index (χ0v) is 21.4. The fourth-order valence-electron chi connectivity index (χ4n) is 5.00. The summed E-state index contributed by atoms with van der Waals surface area (Å²) in [7, 11) is -2.10. The van der Waals surface area contributed by atoms with Crippen LogP contribution in [-0.4, -0.2) is 71.7 Å². The molecular weight excluding hydrogens is 495 g/mol. The van der Waals surface area contributed by atoms with Gasteiger partial charge in [0, 0.05) is 50.6 Å². The molecule has 0 N–H and O–H groups in total. The van der Waals surface area contributed by atoms with Gasteiger partial charge in [-0.25, -0.2) is 17.5 Å². The highest BCUT2D eigenvalue weighted by atomic mass is 32.2. The first-order valence-electron chi connectivity index (χ1n) is 12.4. The van der Waals surface area contributed by atoms with Crippen LogP contribution < -0.4 is 4.90 Å². The number of rotatable bonds is 8. The molecule has 1 atom stereocenters. The van der Waals surface area contributed by atoms with E-state index in [-0.39, 0.29) is 23.4 Å². The van der Waals surface area contributed by atoms with Crippen molar-refractivity contribution in [1.82, 2.24) is 23.9 Å². The molecule has 1 aliphatic heterocycles. The number of sulfonamides is 1. The first kappa shape index (κ1) is 24.1. The summed E-state index contributed by atoms with van der Waals surface area (Å²) >= 11 is 0. The van der Waals surface area contributed by atoms with Crippen LogP contribution in [0.4, 0.5) is 10.1 Å². The largest absolute Gasteiger partial charge is 0.383 e. The van der Waals surface area contributed by atoms with Crippen LogP contribution in [0.25, 0.3) is 16.6 Å². The van der Waals surface area contributed by atoms with E-state index < -0.39 is 10.0 Å². The van der Waals surface area contributed by atoms with E-state index in [2.05, 4.69) is 21.2 Å². The van der Waals surface area contributed by atoms with Gasteiger partial charge in [0.2, 0.25) is 10.0 Å². The van der Waals surface area contributed by atoms with Crippen molar-refractivity contribution in [2.45, 2.75) is 30.3 Å². The molecule has 2 aromatic heterocycles. The highest BCUT2D eigenvalue weighted by Crippen LogP contribution is 2.31. The summed E-state index contributed by atoms with van der Waals surface area (Å²) in [5.74, 6) is 0.321. The van der Waals surface area contributed by atoms with Crippen molar-refractivity contribution in [1.29, 1.82) is 0 Å². The number of fused-ring (bicyclic) bond motifs is 1. The molecule has 6 rings (SSSR count). The van der Waals surface area contributed by atoms with Gasteiger partial charge in [-0.05, 0) is 61.2 Å². The molecule has 0 radical (unpaired) electrons. The van der Waals surface area contributed by atoms with Crippen LogP contribution in [0.5, 0.6) is 0 Å². The molecule has 2 fully saturated rings. The van der Waals surface area contributed by atoms with Gasteiger partial charge in [-0.3, -0.25) is 4.68 Å². The molecule has 3 heterocycles. The number of ether oxygens (including phenoxy) is 1. The Bertz CT molecular complexity index is 1510. The van der Waals surface area contributed by atoms with Gasteiger partial charge in [-0.15, -0.1) is 0 Å². The summed E-state index contributed by atoms with van der Waals surface area (Å²) in [6.45, 7) is 2.45. The summed E-state index contributed by atoms with van der Waals surface area (Å²) in [6.07, 6.45) is 7.25. The average Bonchev–Trinajstić information content (AvgIpc) is 3.40. The lowest BCUT2D eigenvalue weighted by Gasteiger charge is -2.41. The minimum absolute atomic E-state index is 0.234. The minimum atomic E-state index is -3.70. The van der Waals surface area contributed by atoms with E-state index >= 15 is 0 Å². The molecule has 2 aromatic carbocycles. The zero-order valence-electron chi connectivity index (χ0n) is 20.6. The third kappa shape index (κ3) is 4.74. The zero-order chi connectivity index (χ0) is 25.6. The van der Waals surface area contributed by atoms with Gasteiger partial charge in [-0.1, -0.05) is 0 Å². The maximum atomic E-state index is 13.5. The third-order valence-electron chi connectivity index (χ3n) is 7.13. The molecular formula is C26H29FN6O3S. The fraction of sp³-hybridized carbons (Fsp3) is 0.385. The van der Waals surface area contributed by atoms with E-state index in [9.17, 15) is 12.8 Å². The predicted octanol–water partition coefficient (Wildman–Crippen LogP) is 3.30. The molecule has 194 valence electrons. The molecule has 2 aliphatic rings. The molecule has 0 amide bonds. The highest BCUT2D eigenvalue weighted by molar-refractivity contribution is 7.89. The molecule has 37 heavy (non-hydrogen) atoms. The van der Waals surface area contributed by atoms with E-state index in [1.54, 1.807) is 45.3 Å². The van der Waals surface area contributed by atoms with Crippen LogP contribution >= 0.6 is 0 Å². The van der Waals surface area contributed by atoms with Crippen molar-refractivity contribution >= 4 is 26.6 Å². The van der Waals surface area contributed by atoms with E-state index in [0.717, 1.165) is 28.8 Å². The highest BCUT2D eigenvalue weighted by Gasteiger charge is 2.37. The lowest BCUT2D eigenvalue weighted by atomic mass is 10.1. The summed E-state index contributed by atoms with van der Waals surface area (Å²) < 4.78 is 50.9. The van der Waals surface area contributed by atoms with Crippen molar-refractivity contribution in [3.8, 4) is 5.69 Å². The van der Waals surface area contributed by atoms with Crippen LogP contribution in [0.2, 0.25) is 0 Å². The number of methoxy groups -OCH3 is 1. The van der Waals surface area contributed by atoms with Gasteiger partial charge in [0.25, 0.3) is 0 Å². The normalized spacial score (nSPS) is 19.1. The topological polar surface area (TPSA) is 85.5 Å². The van der Waals surface area contributed by atoms with E-state index in [4.69, 9.17) is 4.74 Å². The second-order valence-electron chi connectivity index (χ2n) is 9.79. The molecule has 0 spiro atoms. The second-order valence-corrected chi connectivity index (χ2v) is 11.7.